The fourth-order valence-corrected chi connectivity index (χ4v) is 7.05. The number of hydrogen-bond donors (Lipinski definition) is 0. The summed E-state index contributed by atoms with van der Waals surface area (Å²) < 4.78 is 5.01. The Morgan fingerprint density at radius 2 is 1.30 bits per heavy atom. The van der Waals surface area contributed by atoms with Crippen molar-refractivity contribution in [2.24, 2.45) is 0 Å². The van der Waals surface area contributed by atoms with Crippen LogP contribution in [0.25, 0.3) is 49.7 Å². The highest BCUT2D eigenvalue weighted by atomic mass is 15.1. The van der Waals surface area contributed by atoms with Gasteiger partial charge in [0.15, 0.2) is 5.69 Å². The number of hydrogen-bond acceptors (Lipinski definition) is 0. The lowest BCUT2D eigenvalue weighted by molar-refractivity contribution is -0.478. The van der Waals surface area contributed by atoms with E-state index in [-0.39, 0.29) is 5.41 Å². The molecule has 2 nitrogen and oxygen atoms in total. The SMILES string of the molecule is CC.CC.CCn1c(-c2ccccc2)c[n+]2c3ccccc3c3c(-c4c(C)cc(C)cc4C)ccc(C(C)(CC)CC)c3c12. The second-order valence-corrected chi connectivity index (χ2v) is 11.8. The highest BCUT2D eigenvalue weighted by molar-refractivity contribution is 6.17. The predicted molar refractivity (Wildman–Crippen MR) is 194 cm³/mol. The molecule has 2 heteroatoms. The van der Waals surface area contributed by atoms with E-state index in [1.54, 1.807) is 0 Å². The molecule has 0 saturated carbocycles. The Morgan fingerprint density at radius 1 is 0.705 bits per heavy atom. The van der Waals surface area contributed by atoms with Crippen LogP contribution in [0.1, 0.15) is 90.5 Å². The fraction of sp³-hybridized carbons (Fsp3) is 0.357. The fourth-order valence-electron chi connectivity index (χ4n) is 7.05. The van der Waals surface area contributed by atoms with Crippen molar-refractivity contribution in [3.05, 3.63) is 107 Å². The zero-order valence-electron chi connectivity index (χ0n) is 29.1. The Balaban J connectivity index is 0.00000106. The maximum absolute atomic E-state index is 2.54. The summed E-state index contributed by atoms with van der Waals surface area (Å²) in [4.78, 5) is 0. The van der Waals surface area contributed by atoms with E-state index in [4.69, 9.17) is 0 Å². The van der Waals surface area contributed by atoms with Gasteiger partial charge in [0.2, 0.25) is 0 Å². The standard InChI is InChI=1S/C38H41N2.2C2H6/c1-8-38(7,9-2)31-21-20-30(34-26(5)22-25(4)23-27(34)6)35-29-18-14-15-19-32(29)40-24-33(28-16-12-11-13-17-28)39(10-3)37(40)36(31)35;2*1-2/h11-24H,8-10H2,1-7H3;2*1-2H3/q+1;;. The summed E-state index contributed by atoms with van der Waals surface area (Å²) in [7, 11) is 0. The summed E-state index contributed by atoms with van der Waals surface area (Å²) in [5.41, 5.74) is 13.3. The molecule has 0 N–H and O–H groups in total. The second kappa shape index (κ2) is 13.8. The normalized spacial score (nSPS) is 11.3. The smallest absolute Gasteiger partial charge is 0.223 e. The number of aromatic nitrogens is 2. The molecular formula is C42H53N2+. The molecule has 0 saturated heterocycles. The van der Waals surface area contributed by atoms with Gasteiger partial charge in [-0.25, -0.2) is 4.57 Å². The molecule has 0 unspecified atom stereocenters. The quantitative estimate of drug-likeness (QED) is 0.136. The Hall–Kier alpha value is -3.91. The number of para-hydroxylation sites is 1. The van der Waals surface area contributed by atoms with Crippen LogP contribution in [0.15, 0.2) is 85.1 Å². The predicted octanol–water partition coefficient (Wildman–Crippen LogP) is 11.9. The summed E-state index contributed by atoms with van der Waals surface area (Å²) >= 11 is 0. The van der Waals surface area contributed by atoms with Gasteiger partial charge in [-0.15, -0.1) is 0 Å². The maximum Gasteiger partial charge on any atom is 0.295 e. The molecule has 0 aliphatic carbocycles. The first-order chi connectivity index (χ1) is 21.3. The van der Waals surface area contributed by atoms with Crippen molar-refractivity contribution < 1.29 is 4.40 Å². The van der Waals surface area contributed by atoms with Gasteiger partial charge >= 0.3 is 0 Å². The minimum atomic E-state index is 0.0693. The Morgan fingerprint density at radius 3 is 1.89 bits per heavy atom. The first-order valence-electron chi connectivity index (χ1n) is 16.9. The molecule has 2 aromatic heterocycles. The number of pyridine rings is 1. The Kier molecular flexibility index (Phi) is 10.4. The first kappa shape index (κ1) is 33.0. The van der Waals surface area contributed by atoms with Crippen LogP contribution in [0.3, 0.4) is 0 Å². The topological polar surface area (TPSA) is 9.03 Å². The van der Waals surface area contributed by atoms with Crippen LogP contribution < -0.4 is 4.40 Å². The lowest BCUT2D eigenvalue weighted by Gasteiger charge is -2.29. The van der Waals surface area contributed by atoms with Gasteiger partial charge < -0.3 is 0 Å². The van der Waals surface area contributed by atoms with Crippen LogP contribution in [0.4, 0.5) is 0 Å². The molecule has 230 valence electrons. The van der Waals surface area contributed by atoms with Crippen molar-refractivity contribution in [2.45, 2.75) is 101 Å². The van der Waals surface area contributed by atoms with Crippen LogP contribution in [0, 0.1) is 20.8 Å². The molecule has 0 fully saturated rings. The van der Waals surface area contributed by atoms with Crippen molar-refractivity contribution >= 4 is 27.3 Å². The summed E-state index contributed by atoms with van der Waals surface area (Å²) in [6, 6.07) is 29.4. The lowest BCUT2D eigenvalue weighted by Crippen LogP contribution is -2.25. The molecule has 6 aromatic rings. The maximum atomic E-state index is 2.54. The van der Waals surface area contributed by atoms with Crippen LogP contribution in [0.5, 0.6) is 0 Å². The number of rotatable bonds is 6. The van der Waals surface area contributed by atoms with Gasteiger partial charge in [-0.3, -0.25) is 0 Å². The minimum absolute atomic E-state index is 0.0693. The molecule has 44 heavy (non-hydrogen) atoms. The van der Waals surface area contributed by atoms with E-state index in [9.17, 15) is 0 Å². The number of fused-ring (bicyclic) bond motifs is 6. The third-order valence-electron chi connectivity index (χ3n) is 9.43. The zero-order valence-corrected chi connectivity index (χ0v) is 29.1. The molecule has 0 aliphatic heterocycles. The molecule has 0 aliphatic rings. The molecule has 0 amide bonds. The average molecular weight is 586 g/mol. The van der Waals surface area contributed by atoms with E-state index in [0.717, 1.165) is 19.4 Å². The minimum Gasteiger partial charge on any atom is -0.223 e. The van der Waals surface area contributed by atoms with Crippen molar-refractivity contribution in [2.75, 3.05) is 0 Å². The average Bonchev–Trinajstić information content (AvgIpc) is 3.46. The molecule has 4 aromatic carbocycles. The van der Waals surface area contributed by atoms with E-state index < -0.39 is 0 Å². The van der Waals surface area contributed by atoms with Crippen LogP contribution in [0.2, 0.25) is 0 Å². The second-order valence-electron chi connectivity index (χ2n) is 11.8. The van der Waals surface area contributed by atoms with Gasteiger partial charge in [0.05, 0.1) is 11.9 Å². The monoisotopic (exact) mass is 585 g/mol. The highest BCUT2D eigenvalue weighted by Crippen LogP contribution is 2.45. The molecule has 0 spiro atoms. The third-order valence-corrected chi connectivity index (χ3v) is 9.43. The van der Waals surface area contributed by atoms with E-state index in [1.807, 2.05) is 27.7 Å². The third kappa shape index (κ3) is 5.45. The molecule has 2 heterocycles. The van der Waals surface area contributed by atoms with Crippen molar-refractivity contribution in [3.63, 3.8) is 0 Å². The van der Waals surface area contributed by atoms with E-state index in [2.05, 4.69) is 142 Å². The lowest BCUT2D eigenvalue weighted by atomic mass is 9.74. The van der Waals surface area contributed by atoms with E-state index in [0.29, 0.717) is 0 Å². The Labute approximate surface area is 266 Å². The number of benzene rings is 4. The largest absolute Gasteiger partial charge is 0.295 e. The zero-order chi connectivity index (χ0) is 32.2. The van der Waals surface area contributed by atoms with E-state index >= 15 is 0 Å². The summed E-state index contributed by atoms with van der Waals surface area (Å²) in [5.74, 6) is 0. The van der Waals surface area contributed by atoms with Crippen molar-refractivity contribution in [3.8, 4) is 22.4 Å². The number of imidazole rings is 1. The van der Waals surface area contributed by atoms with Gasteiger partial charge in [0.1, 0.15) is 11.7 Å². The molecule has 0 bridgehead atoms. The summed E-state index contributed by atoms with van der Waals surface area (Å²) in [6.07, 6.45) is 4.56. The first-order valence-corrected chi connectivity index (χ1v) is 16.9. The Bertz CT molecular complexity index is 1860. The van der Waals surface area contributed by atoms with Gasteiger partial charge in [-0.1, -0.05) is 127 Å². The van der Waals surface area contributed by atoms with Crippen molar-refractivity contribution in [1.82, 2.24) is 4.57 Å². The molecule has 0 radical (unpaired) electrons. The van der Waals surface area contributed by atoms with Crippen LogP contribution in [-0.2, 0) is 12.0 Å². The molecular weight excluding hydrogens is 532 g/mol. The van der Waals surface area contributed by atoms with E-state index in [1.165, 1.54) is 72.0 Å². The van der Waals surface area contributed by atoms with Gasteiger partial charge in [-0.05, 0) is 79.8 Å². The number of nitrogens with zero attached hydrogens (tertiary/aromatic N) is 2. The summed E-state index contributed by atoms with van der Waals surface area (Å²) in [5, 5.41) is 4.09. The number of aryl methyl sites for hydroxylation is 4. The molecule has 6 rings (SSSR count). The highest BCUT2D eigenvalue weighted by Gasteiger charge is 2.32. The summed E-state index contributed by atoms with van der Waals surface area (Å²) in [6.45, 7) is 25.1. The van der Waals surface area contributed by atoms with Gasteiger partial charge in [-0.2, -0.15) is 4.40 Å². The van der Waals surface area contributed by atoms with Gasteiger partial charge in [0, 0.05) is 16.3 Å². The van der Waals surface area contributed by atoms with Gasteiger partial charge in [0.25, 0.3) is 5.65 Å². The van der Waals surface area contributed by atoms with Crippen molar-refractivity contribution in [1.29, 1.82) is 0 Å². The van der Waals surface area contributed by atoms with Crippen LogP contribution in [-0.4, -0.2) is 4.57 Å². The van der Waals surface area contributed by atoms with Crippen LogP contribution >= 0.6 is 0 Å². The molecule has 0 atom stereocenters.